The average molecular weight is 328 g/mol. The third kappa shape index (κ3) is 3.07. The zero-order chi connectivity index (χ0) is 16.6. The standard InChI is InChI=1S/C17H16N2O3S/c1-9-8-22-13-6-5-11(4-3-10(2)20)7-12(13)14-15(9)23-17(19-14)16(18)21/h5-7,9-10,20H,8H2,1-2H3,(H2,18,21)/t9-,10+/m0/s1. The third-order valence-electron chi connectivity index (χ3n) is 3.46. The molecule has 0 bridgehead atoms. The first kappa shape index (κ1) is 15.5. The second-order valence-corrected chi connectivity index (χ2v) is 6.50. The Bertz CT molecular complexity index is 830. The Morgan fingerprint density at radius 2 is 2.35 bits per heavy atom. The molecule has 2 heterocycles. The Morgan fingerprint density at radius 1 is 1.57 bits per heavy atom. The average Bonchev–Trinajstić information content (AvgIpc) is 2.91. The van der Waals surface area contributed by atoms with Gasteiger partial charge in [-0.3, -0.25) is 4.79 Å². The van der Waals surface area contributed by atoms with E-state index in [0.717, 1.165) is 21.7 Å². The second-order valence-electron chi connectivity index (χ2n) is 5.46. The molecule has 1 aromatic carbocycles. The number of benzene rings is 1. The van der Waals surface area contributed by atoms with Crippen LogP contribution in [0.2, 0.25) is 0 Å². The van der Waals surface area contributed by atoms with Crippen molar-refractivity contribution in [2.24, 2.45) is 5.73 Å². The summed E-state index contributed by atoms with van der Waals surface area (Å²) in [6.45, 7) is 4.15. The van der Waals surface area contributed by atoms with Crippen LogP contribution in [0.25, 0.3) is 11.3 Å². The van der Waals surface area contributed by atoms with Crippen LogP contribution in [0, 0.1) is 11.8 Å². The molecule has 2 aromatic rings. The number of aliphatic hydroxyl groups excluding tert-OH is 1. The molecule has 23 heavy (non-hydrogen) atoms. The van der Waals surface area contributed by atoms with Gasteiger partial charge in [0.15, 0.2) is 5.01 Å². The summed E-state index contributed by atoms with van der Waals surface area (Å²) in [4.78, 5) is 16.8. The predicted octanol–water partition coefficient (Wildman–Crippen LogP) is 2.14. The van der Waals surface area contributed by atoms with Crippen molar-refractivity contribution < 1.29 is 14.6 Å². The molecular weight excluding hydrogens is 312 g/mol. The molecule has 0 aliphatic carbocycles. The number of rotatable bonds is 1. The monoisotopic (exact) mass is 328 g/mol. The van der Waals surface area contributed by atoms with Crippen molar-refractivity contribution >= 4 is 17.2 Å². The van der Waals surface area contributed by atoms with Crippen molar-refractivity contribution in [1.82, 2.24) is 4.98 Å². The Morgan fingerprint density at radius 3 is 3.04 bits per heavy atom. The lowest BCUT2D eigenvalue weighted by atomic mass is 10.0. The SMILES string of the molecule is C[C@@H](O)C#Cc1ccc2c(c1)-c1nc(C(N)=O)sc1[C@@H](C)CO2. The van der Waals surface area contributed by atoms with Gasteiger partial charge in [-0.25, -0.2) is 4.98 Å². The van der Waals surface area contributed by atoms with Crippen LogP contribution >= 0.6 is 11.3 Å². The van der Waals surface area contributed by atoms with Crippen LogP contribution in [0.1, 0.15) is 40.0 Å². The second kappa shape index (κ2) is 6.03. The van der Waals surface area contributed by atoms with E-state index in [1.54, 1.807) is 6.92 Å². The highest BCUT2D eigenvalue weighted by atomic mass is 32.1. The quantitative estimate of drug-likeness (QED) is 0.785. The van der Waals surface area contributed by atoms with E-state index < -0.39 is 12.0 Å². The molecule has 2 atom stereocenters. The van der Waals surface area contributed by atoms with Gasteiger partial charge in [-0.2, -0.15) is 0 Å². The van der Waals surface area contributed by atoms with Gasteiger partial charge >= 0.3 is 0 Å². The molecule has 1 aliphatic rings. The minimum Gasteiger partial charge on any atom is -0.492 e. The molecule has 0 spiro atoms. The van der Waals surface area contributed by atoms with Crippen molar-refractivity contribution in [3.8, 4) is 28.8 Å². The van der Waals surface area contributed by atoms with Crippen molar-refractivity contribution in [3.05, 3.63) is 33.6 Å². The number of nitrogens with two attached hydrogens (primary N) is 1. The van der Waals surface area contributed by atoms with Gasteiger partial charge in [0.05, 0.1) is 12.3 Å². The molecule has 1 aliphatic heterocycles. The van der Waals surface area contributed by atoms with Crippen LogP contribution in [0.5, 0.6) is 5.75 Å². The fourth-order valence-corrected chi connectivity index (χ4v) is 3.33. The third-order valence-corrected chi connectivity index (χ3v) is 4.76. The van der Waals surface area contributed by atoms with Gasteiger partial charge in [0.1, 0.15) is 11.9 Å². The molecule has 1 amide bonds. The summed E-state index contributed by atoms with van der Waals surface area (Å²) < 4.78 is 5.84. The number of fused-ring (bicyclic) bond motifs is 3. The smallest absolute Gasteiger partial charge is 0.277 e. The molecule has 118 valence electrons. The van der Waals surface area contributed by atoms with Crippen LogP contribution < -0.4 is 10.5 Å². The van der Waals surface area contributed by atoms with E-state index in [0.29, 0.717) is 17.4 Å². The van der Waals surface area contributed by atoms with Crippen molar-refractivity contribution in [3.63, 3.8) is 0 Å². The molecule has 5 nitrogen and oxygen atoms in total. The van der Waals surface area contributed by atoms with Gasteiger partial charge < -0.3 is 15.6 Å². The van der Waals surface area contributed by atoms with Gasteiger partial charge in [0.25, 0.3) is 5.91 Å². The molecule has 0 saturated heterocycles. The molecule has 0 radical (unpaired) electrons. The van der Waals surface area contributed by atoms with Crippen LogP contribution in [0.4, 0.5) is 0 Å². The van der Waals surface area contributed by atoms with Gasteiger partial charge in [0.2, 0.25) is 0 Å². The van der Waals surface area contributed by atoms with Crippen LogP contribution in [-0.4, -0.2) is 28.7 Å². The highest BCUT2D eigenvalue weighted by Gasteiger charge is 2.26. The summed E-state index contributed by atoms with van der Waals surface area (Å²) in [6.07, 6.45) is -0.693. The first-order chi connectivity index (χ1) is 11.0. The molecule has 0 unspecified atom stereocenters. The zero-order valence-corrected chi connectivity index (χ0v) is 13.6. The summed E-state index contributed by atoms with van der Waals surface area (Å²) in [5.41, 5.74) is 7.64. The summed E-state index contributed by atoms with van der Waals surface area (Å²) in [6, 6.07) is 5.55. The number of primary amides is 1. The fraction of sp³-hybridized carbons (Fsp3) is 0.294. The van der Waals surface area contributed by atoms with Crippen LogP contribution in [0.15, 0.2) is 18.2 Å². The fourth-order valence-electron chi connectivity index (χ4n) is 2.36. The number of ether oxygens (including phenoxy) is 1. The van der Waals surface area contributed by atoms with E-state index in [9.17, 15) is 9.90 Å². The number of amides is 1. The number of hydrogen-bond donors (Lipinski definition) is 2. The lowest BCUT2D eigenvalue weighted by Crippen LogP contribution is -2.10. The first-order valence-electron chi connectivity index (χ1n) is 7.23. The lowest BCUT2D eigenvalue weighted by Gasteiger charge is -2.08. The minimum absolute atomic E-state index is 0.120. The number of carbonyl (C=O) groups is 1. The van der Waals surface area contributed by atoms with E-state index in [1.807, 2.05) is 25.1 Å². The summed E-state index contributed by atoms with van der Waals surface area (Å²) in [7, 11) is 0. The minimum atomic E-state index is -0.693. The number of nitrogens with zero attached hydrogens (tertiary/aromatic N) is 1. The summed E-state index contributed by atoms with van der Waals surface area (Å²) in [5.74, 6) is 5.93. The largest absolute Gasteiger partial charge is 0.492 e. The number of aromatic nitrogens is 1. The van der Waals surface area contributed by atoms with Crippen LogP contribution in [-0.2, 0) is 0 Å². The summed E-state index contributed by atoms with van der Waals surface area (Å²) >= 11 is 1.31. The molecule has 1 aromatic heterocycles. The van der Waals surface area contributed by atoms with E-state index in [-0.39, 0.29) is 5.92 Å². The number of thiazole rings is 1. The van der Waals surface area contributed by atoms with Gasteiger partial charge in [-0.1, -0.05) is 18.8 Å². The lowest BCUT2D eigenvalue weighted by molar-refractivity contribution is 0.1000. The highest BCUT2D eigenvalue weighted by Crippen LogP contribution is 2.41. The van der Waals surface area contributed by atoms with E-state index >= 15 is 0 Å². The maximum absolute atomic E-state index is 11.5. The molecule has 0 fully saturated rings. The van der Waals surface area contributed by atoms with Crippen molar-refractivity contribution in [2.75, 3.05) is 6.61 Å². The predicted molar refractivity (Wildman–Crippen MR) is 88.5 cm³/mol. The summed E-state index contributed by atoms with van der Waals surface area (Å²) in [5, 5.41) is 9.59. The van der Waals surface area contributed by atoms with Crippen LogP contribution in [0.3, 0.4) is 0 Å². The number of aliphatic hydroxyl groups is 1. The maximum atomic E-state index is 11.5. The first-order valence-corrected chi connectivity index (χ1v) is 8.04. The van der Waals surface area contributed by atoms with Crippen molar-refractivity contribution in [2.45, 2.75) is 25.9 Å². The molecule has 3 N–H and O–H groups in total. The topological polar surface area (TPSA) is 85.4 Å². The highest BCUT2D eigenvalue weighted by molar-refractivity contribution is 7.14. The van der Waals surface area contributed by atoms with E-state index in [1.165, 1.54) is 11.3 Å². The number of carbonyl (C=O) groups excluding carboxylic acids is 1. The Kier molecular flexibility index (Phi) is 4.07. The normalized spacial score (nSPS) is 16.9. The van der Waals surface area contributed by atoms with Gasteiger partial charge in [0, 0.05) is 21.9 Å². The Hall–Kier alpha value is -2.36. The Balaban J connectivity index is 2.15. The Labute approximate surface area is 138 Å². The molecular formula is C17H16N2O3S. The molecule has 3 rings (SSSR count). The molecule has 6 heteroatoms. The molecule has 0 saturated carbocycles. The van der Waals surface area contributed by atoms with Crippen molar-refractivity contribution in [1.29, 1.82) is 0 Å². The van der Waals surface area contributed by atoms with E-state index in [4.69, 9.17) is 10.5 Å². The number of hydrogen-bond acceptors (Lipinski definition) is 5. The zero-order valence-electron chi connectivity index (χ0n) is 12.8. The van der Waals surface area contributed by atoms with E-state index in [2.05, 4.69) is 16.8 Å². The maximum Gasteiger partial charge on any atom is 0.277 e. The van der Waals surface area contributed by atoms with Gasteiger partial charge in [-0.05, 0) is 25.1 Å². The van der Waals surface area contributed by atoms with Gasteiger partial charge in [-0.15, -0.1) is 11.3 Å².